The number of aromatic nitrogens is 2. The molecule has 1 N–H and O–H groups in total. The van der Waals surface area contributed by atoms with E-state index >= 15 is 0 Å². The van der Waals surface area contributed by atoms with Gasteiger partial charge in [0.1, 0.15) is 21.7 Å². The van der Waals surface area contributed by atoms with Crippen molar-refractivity contribution < 1.29 is 14.6 Å². The molecule has 2 aromatic rings. The molecule has 0 amide bonds. The fourth-order valence-electron chi connectivity index (χ4n) is 1.82. The van der Waals surface area contributed by atoms with Crippen LogP contribution in [-0.2, 0) is 11.2 Å². The standard InChI is InChI=1S/C13H14N2O3S/c1-8-14-15-12(19-8)10(13(16)17)7-9-5-3-4-6-11(9)18-2/h3-6,10H,7H2,1-2H3,(H,16,17). The summed E-state index contributed by atoms with van der Waals surface area (Å²) in [6.07, 6.45) is 0.341. The molecule has 0 fully saturated rings. The average molecular weight is 278 g/mol. The minimum Gasteiger partial charge on any atom is -0.496 e. The van der Waals surface area contributed by atoms with Crippen molar-refractivity contribution in [1.29, 1.82) is 0 Å². The lowest BCUT2D eigenvalue weighted by molar-refractivity contribution is -0.138. The minimum absolute atomic E-state index is 0.341. The van der Waals surface area contributed by atoms with Gasteiger partial charge in [0.15, 0.2) is 0 Å². The summed E-state index contributed by atoms with van der Waals surface area (Å²) < 4.78 is 5.24. The van der Waals surface area contributed by atoms with Crippen molar-refractivity contribution in [2.75, 3.05) is 7.11 Å². The van der Waals surface area contributed by atoms with Crippen LogP contribution < -0.4 is 4.74 Å². The van der Waals surface area contributed by atoms with E-state index in [2.05, 4.69) is 10.2 Å². The third-order valence-corrected chi connectivity index (χ3v) is 3.71. The molecule has 1 aromatic carbocycles. The highest BCUT2D eigenvalue weighted by molar-refractivity contribution is 7.11. The Morgan fingerprint density at radius 2 is 2.16 bits per heavy atom. The maximum atomic E-state index is 11.4. The second kappa shape index (κ2) is 5.79. The molecule has 1 unspecified atom stereocenters. The molecule has 2 rings (SSSR count). The van der Waals surface area contributed by atoms with Crippen LogP contribution in [0, 0.1) is 6.92 Å². The van der Waals surface area contributed by atoms with Crippen molar-refractivity contribution in [1.82, 2.24) is 10.2 Å². The van der Waals surface area contributed by atoms with Gasteiger partial charge in [-0.2, -0.15) is 0 Å². The number of benzene rings is 1. The molecule has 0 bridgehead atoms. The summed E-state index contributed by atoms with van der Waals surface area (Å²) in [4.78, 5) is 11.4. The molecule has 0 saturated heterocycles. The number of rotatable bonds is 5. The highest BCUT2D eigenvalue weighted by Gasteiger charge is 2.25. The van der Waals surface area contributed by atoms with Crippen LogP contribution in [0.4, 0.5) is 0 Å². The van der Waals surface area contributed by atoms with Crippen LogP contribution in [0.15, 0.2) is 24.3 Å². The summed E-state index contributed by atoms with van der Waals surface area (Å²) in [5.41, 5.74) is 0.852. The summed E-state index contributed by atoms with van der Waals surface area (Å²) in [7, 11) is 1.57. The summed E-state index contributed by atoms with van der Waals surface area (Å²) in [6.45, 7) is 1.81. The van der Waals surface area contributed by atoms with Gasteiger partial charge >= 0.3 is 5.97 Å². The third kappa shape index (κ3) is 3.08. The van der Waals surface area contributed by atoms with E-state index in [4.69, 9.17) is 4.74 Å². The number of ether oxygens (including phenoxy) is 1. The molecule has 1 heterocycles. The molecule has 0 spiro atoms. The molecule has 0 saturated carbocycles. The number of hydrogen-bond acceptors (Lipinski definition) is 5. The van der Waals surface area contributed by atoms with Crippen LogP contribution >= 0.6 is 11.3 Å². The van der Waals surface area contributed by atoms with Gasteiger partial charge in [0.25, 0.3) is 0 Å². The first-order valence-electron chi connectivity index (χ1n) is 5.76. The second-order valence-corrected chi connectivity index (χ2v) is 5.28. The van der Waals surface area contributed by atoms with Gasteiger partial charge in [-0.15, -0.1) is 21.5 Å². The van der Waals surface area contributed by atoms with Crippen LogP contribution in [0.3, 0.4) is 0 Å². The van der Waals surface area contributed by atoms with Crippen LogP contribution in [0.2, 0.25) is 0 Å². The average Bonchev–Trinajstić information content (AvgIpc) is 2.82. The van der Waals surface area contributed by atoms with E-state index in [1.807, 2.05) is 31.2 Å². The molecule has 1 aromatic heterocycles. The minimum atomic E-state index is -0.901. The molecule has 0 aliphatic rings. The summed E-state index contributed by atoms with van der Waals surface area (Å²) in [5, 5.41) is 18.5. The Labute approximate surface area is 114 Å². The second-order valence-electron chi connectivity index (χ2n) is 4.07. The normalized spacial score (nSPS) is 12.1. The van der Waals surface area contributed by atoms with E-state index in [-0.39, 0.29) is 0 Å². The zero-order chi connectivity index (χ0) is 13.8. The fourth-order valence-corrected chi connectivity index (χ4v) is 2.62. The number of methoxy groups -OCH3 is 1. The van der Waals surface area contributed by atoms with Gasteiger partial charge in [-0.1, -0.05) is 18.2 Å². The lowest BCUT2D eigenvalue weighted by Gasteiger charge is -2.12. The number of nitrogens with zero attached hydrogens (tertiary/aromatic N) is 2. The molecule has 6 heteroatoms. The van der Waals surface area contributed by atoms with E-state index in [1.165, 1.54) is 11.3 Å². The SMILES string of the molecule is COc1ccccc1CC(C(=O)O)c1nnc(C)s1. The highest BCUT2D eigenvalue weighted by Crippen LogP contribution is 2.28. The van der Waals surface area contributed by atoms with Crippen LogP contribution in [0.25, 0.3) is 0 Å². The zero-order valence-corrected chi connectivity index (χ0v) is 11.5. The molecule has 100 valence electrons. The first kappa shape index (κ1) is 13.5. The lowest BCUT2D eigenvalue weighted by atomic mass is 9.99. The maximum Gasteiger partial charge on any atom is 0.313 e. The molecular formula is C13H14N2O3S. The number of hydrogen-bond donors (Lipinski definition) is 1. The van der Waals surface area contributed by atoms with Crippen molar-refractivity contribution >= 4 is 17.3 Å². The van der Waals surface area contributed by atoms with Crippen molar-refractivity contribution in [2.24, 2.45) is 0 Å². The predicted molar refractivity (Wildman–Crippen MR) is 71.7 cm³/mol. The quantitative estimate of drug-likeness (QED) is 0.908. The number of carboxylic acids is 1. The molecule has 0 aliphatic carbocycles. The van der Waals surface area contributed by atoms with Gasteiger partial charge < -0.3 is 9.84 Å². The summed E-state index contributed by atoms with van der Waals surface area (Å²) in [5.74, 6) is -0.903. The third-order valence-electron chi connectivity index (χ3n) is 2.75. The largest absolute Gasteiger partial charge is 0.496 e. The Balaban J connectivity index is 2.29. The van der Waals surface area contributed by atoms with Crippen molar-refractivity contribution in [3.63, 3.8) is 0 Å². The number of carboxylic acid groups (broad SMARTS) is 1. The number of aliphatic carboxylic acids is 1. The predicted octanol–water partition coefficient (Wildman–Crippen LogP) is 2.27. The van der Waals surface area contributed by atoms with Gasteiger partial charge in [0.2, 0.25) is 0 Å². The Bertz CT molecular complexity index is 583. The Kier molecular flexibility index (Phi) is 4.11. The topological polar surface area (TPSA) is 72.3 Å². The number of carbonyl (C=O) groups is 1. The Morgan fingerprint density at radius 1 is 1.42 bits per heavy atom. The zero-order valence-electron chi connectivity index (χ0n) is 10.7. The van der Waals surface area contributed by atoms with Crippen molar-refractivity contribution in [3.8, 4) is 5.75 Å². The van der Waals surface area contributed by atoms with Gasteiger partial charge in [-0.3, -0.25) is 4.79 Å². The molecule has 0 radical (unpaired) electrons. The van der Waals surface area contributed by atoms with Crippen molar-refractivity contribution in [2.45, 2.75) is 19.3 Å². The first-order valence-corrected chi connectivity index (χ1v) is 6.58. The van der Waals surface area contributed by atoms with E-state index in [1.54, 1.807) is 7.11 Å². The van der Waals surface area contributed by atoms with E-state index in [0.29, 0.717) is 17.2 Å². The van der Waals surface area contributed by atoms with Gasteiger partial charge in [0, 0.05) is 0 Å². The van der Waals surface area contributed by atoms with E-state index in [0.717, 1.165) is 10.6 Å². The Morgan fingerprint density at radius 3 is 2.74 bits per heavy atom. The van der Waals surface area contributed by atoms with E-state index < -0.39 is 11.9 Å². The van der Waals surface area contributed by atoms with Gasteiger partial charge in [0.05, 0.1) is 7.11 Å². The smallest absolute Gasteiger partial charge is 0.313 e. The molecule has 1 atom stereocenters. The van der Waals surface area contributed by atoms with Crippen LogP contribution in [0.1, 0.15) is 21.5 Å². The summed E-state index contributed by atoms with van der Waals surface area (Å²) in [6, 6.07) is 7.40. The van der Waals surface area contributed by atoms with Gasteiger partial charge in [-0.05, 0) is 25.0 Å². The monoisotopic (exact) mass is 278 g/mol. The Hall–Kier alpha value is -1.95. The van der Waals surface area contributed by atoms with Crippen LogP contribution in [0.5, 0.6) is 5.75 Å². The van der Waals surface area contributed by atoms with Gasteiger partial charge in [-0.25, -0.2) is 0 Å². The summed E-state index contributed by atoms with van der Waals surface area (Å²) >= 11 is 1.31. The first-order chi connectivity index (χ1) is 9.11. The number of aryl methyl sites for hydroxylation is 1. The maximum absolute atomic E-state index is 11.4. The van der Waals surface area contributed by atoms with E-state index in [9.17, 15) is 9.90 Å². The molecular weight excluding hydrogens is 264 g/mol. The van der Waals surface area contributed by atoms with Crippen molar-refractivity contribution in [3.05, 3.63) is 39.8 Å². The highest BCUT2D eigenvalue weighted by atomic mass is 32.1. The molecule has 5 nitrogen and oxygen atoms in total. The van der Waals surface area contributed by atoms with Crippen LogP contribution in [-0.4, -0.2) is 28.4 Å². The molecule has 0 aliphatic heterocycles. The number of para-hydroxylation sites is 1. The molecule has 19 heavy (non-hydrogen) atoms. The fraction of sp³-hybridized carbons (Fsp3) is 0.308. The lowest BCUT2D eigenvalue weighted by Crippen LogP contribution is -2.14.